The molecule has 1 aliphatic rings. The topological polar surface area (TPSA) is 95.6 Å². The smallest absolute Gasteiger partial charge is 0.434 e. The molecule has 1 N–H and O–H groups in total. The van der Waals surface area contributed by atoms with E-state index in [1.165, 1.54) is 66.6 Å². The number of carboxylic acid groups (broad SMARTS) is 1. The molecule has 0 spiro atoms. The molecule has 15 heteroatoms. The van der Waals surface area contributed by atoms with Crippen molar-refractivity contribution in [1.82, 2.24) is 14.1 Å². The van der Waals surface area contributed by atoms with Gasteiger partial charge in [0.05, 0.1) is 23.2 Å². The lowest BCUT2D eigenvalue weighted by Crippen LogP contribution is -2.46. The molecule has 3 atom stereocenters. The van der Waals surface area contributed by atoms with Crippen LogP contribution in [0.5, 0.6) is 11.6 Å². The van der Waals surface area contributed by atoms with E-state index < -0.39 is 58.6 Å². The number of carboxylic acids is 1. The van der Waals surface area contributed by atoms with Crippen LogP contribution in [0.25, 0.3) is 11.0 Å². The molecular weight excluding hydrogens is 608 g/mol. The predicted octanol–water partition coefficient (Wildman–Crippen LogP) is 6.64. The summed E-state index contributed by atoms with van der Waals surface area (Å²) in [5.74, 6) is -4.53. The third-order valence-electron chi connectivity index (χ3n) is 7.82. The number of aryl methyl sites for hydroxylation is 2. The van der Waals surface area contributed by atoms with Crippen molar-refractivity contribution in [3.63, 3.8) is 0 Å². The minimum Gasteiger partial charge on any atom is -0.478 e. The first kappa shape index (κ1) is 30.4. The number of rotatable bonds is 5. The number of fused-ring (bicyclic) bond motifs is 1. The minimum absolute atomic E-state index is 0.0324. The van der Waals surface area contributed by atoms with Crippen LogP contribution in [-0.4, -0.2) is 38.0 Å². The van der Waals surface area contributed by atoms with Gasteiger partial charge in [-0.2, -0.15) is 26.3 Å². The molecule has 8 nitrogen and oxygen atoms in total. The van der Waals surface area contributed by atoms with Crippen molar-refractivity contribution < 1.29 is 45.7 Å². The summed E-state index contributed by atoms with van der Waals surface area (Å²) < 4.78 is 98.1. The molecule has 2 aromatic heterocycles. The molecule has 0 aliphatic carbocycles. The normalized spacial score (nSPS) is 21.0. The molecule has 1 fully saturated rings. The van der Waals surface area contributed by atoms with Gasteiger partial charge in [-0.15, -0.1) is 0 Å². The van der Waals surface area contributed by atoms with Gasteiger partial charge in [0, 0.05) is 37.0 Å². The van der Waals surface area contributed by atoms with Gasteiger partial charge in [0.25, 0.3) is 0 Å². The van der Waals surface area contributed by atoms with Crippen molar-refractivity contribution in [3.8, 4) is 11.6 Å². The van der Waals surface area contributed by atoms with Gasteiger partial charge in [-0.05, 0) is 41.5 Å². The van der Waals surface area contributed by atoms with E-state index >= 15 is 0 Å². The number of ether oxygens (including phenoxy) is 2. The lowest BCUT2D eigenvalue weighted by molar-refractivity contribution is -0.281. The Bertz CT molecular complexity index is 1820. The Labute approximate surface area is 244 Å². The summed E-state index contributed by atoms with van der Waals surface area (Å²) in [6, 6.07) is 9.53. The van der Waals surface area contributed by atoms with Crippen LogP contribution in [0, 0.1) is 5.92 Å². The third kappa shape index (κ3) is 4.91. The molecule has 1 aliphatic heterocycles. The molecular formula is C28H22ClF6N3O5. The number of hydrogen-bond donors (Lipinski definition) is 1. The molecule has 0 saturated carbocycles. The van der Waals surface area contributed by atoms with Crippen molar-refractivity contribution in [2.75, 3.05) is 6.61 Å². The van der Waals surface area contributed by atoms with Crippen LogP contribution in [0.4, 0.5) is 26.3 Å². The second-order valence-electron chi connectivity index (χ2n) is 10.2. The monoisotopic (exact) mass is 629 g/mol. The summed E-state index contributed by atoms with van der Waals surface area (Å²) in [4.78, 5) is 26.8. The number of carbonyl (C=O) groups is 1. The molecule has 2 aromatic carbocycles. The molecule has 0 bridgehead atoms. The molecule has 0 radical (unpaired) electrons. The van der Waals surface area contributed by atoms with Crippen LogP contribution in [0.1, 0.15) is 40.0 Å². The Kier molecular flexibility index (Phi) is 7.29. The largest absolute Gasteiger partial charge is 0.478 e. The number of aromatic nitrogens is 3. The number of aromatic carboxylic acids is 1. The molecule has 1 saturated heterocycles. The summed E-state index contributed by atoms with van der Waals surface area (Å²) in [6.45, 7) is 1.02. The highest BCUT2D eigenvalue weighted by Crippen LogP contribution is 2.57. The maximum absolute atomic E-state index is 14.9. The maximum atomic E-state index is 14.9. The van der Waals surface area contributed by atoms with Crippen LogP contribution in [0.15, 0.2) is 53.3 Å². The Morgan fingerprint density at radius 3 is 2.33 bits per heavy atom. The summed E-state index contributed by atoms with van der Waals surface area (Å²) in [5.41, 5.74) is -5.01. The Hall–Kier alpha value is -4.04. The van der Waals surface area contributed by atoms with Crippen molar-refractivity contribution in [1.29, 1.82) is 0 Å². The van der Waals surface area contributed by atoms with Crippen LogP contribution in [0.3, 0.4) is 0 Å². The first-order valence-corrected chi connectivity index (χ1v) is 13.0. The zero-order valence-corrected chi connectivity index (χ0v) is 23.3. The second kappa shape index (κ2) is 10.3. The quantitative estimate of drug-likeness (QED) is 0.249. The summed E-state index contributed by atoms with van der Waals surface area (Å²) in [7, 11) is 2.97. The zero-order valence-electron chi connectivity index (χ0n) is 22.5. The maximum Gasteiger partial charge on any atom is 0.434 e. The van der Waals surface area contributed by atoms with Crippen LogP contribution >= 0.6 is 11.6 Å². The Balaban J connectivity index is 1.48. The molecule has 0 amide bonds. The van der Waals surface area contributed by atoms with E-state index in [9.17, 15) is 35.9 Å². The van der Waals surface area contributed by atoms with Crippen molar-refractivity contribution in [3.05, 3.63) is 86.4 Å². The van der Waals surface area contributed by atoms with Gasteiger partial charge in [0.2, 0.25) is 5.88 Å². The van der Waals surface area contributed by atoms with Gasteiger partial charge in [-0.3, -0.25) is 9.13 Å². The fourth-order valence-corrected chi connectivity index (χ4v) is 5.92. The molecule has 3 heterocycles. The first-order valence-electron chi connectivity index (χ1n) is 12.6. The molecule has 4 aromatic rings. The Morgan fingerprint density at radius 2 is 1.72 bits per heavy atom. The molecule has 5 rings (SSSR count). The SMILES string of the molecule is C[C@H]1C(c2ccc(Oc3ccc(C(=O)O)c(C(F)(F)F)n3)cc2Cl)CO[C@@]1(c1ccc2c(c1)n(C)c(=O)n2C)C(F)(F)F. The first-order chi connectivity index (χ1) is 20.0. The molecule has 43 heavy (non-hydrogen) atoms. The fraction of sp³-hybridized carbons (Fsp3) is 0.321. The lowest BCUT2D eigenvalue weighted by Gasteiger charge is -2.36. The summed E-state index contributed by atoms with van der Waals surface area (Å²) in [6.07, 6.45) is -9.93. The van der Waals surface area contributed by atoms with Gasteiger partial charge in [-0.1, -0.05) is 30.7 Å². The average molecular weight is 630 g/mol. The molecule has 228 valence electrons. The average Bonchev–Trinajstić information content (AvgIpc) is 3.38. The number of halogens is 7. The number of hydrogen-bond acceptors (Lipinski definition) is 5. The van der Waals surface area contributed by atoms with E-state index in [1.54, 1.807) is 0 Å². The highest BCUT2D eigenvalue weighted by atomic mass is 35.5. The van der Waals surface area contributed by atoms with Gasteiger partial charge in [-0.25, -0.2) is 14.6 Å². The highest BCUT2D eigenvalue weighted by Gasteiger charge is 2.65. The van der Waals surface area contributed by atoms with Gasteiger partial charge in [0.1, 0.15) is 5.75 Å². The van der Waals surface area contributed by atoms with E-state index in [1.807, 2.05) is 0 Å². The standard InChI is InChI=1S/C28H22ClF6N3O5/c1-13-18(12-42-26(13,28(33,34)35)14-4-8-20-21(10-14)38(3)25(41)37(20)2)16-6-5-15(11-19(16)29)43-22-9-7-17(24(39)40)23(36-22)27(30,31)32/h4-11,13,18H,12H2,1-3H3,(H,39,40)/t13-,18?,26-/m0/s1. The minimum atomic E-state index is -5.07. The number of pyridine rings is 1. The lowest BCUT2D eigenvalue weighted by atomic mass is 9.75. The van der Waals surface area contributed by atoms with E-state index in [4.69, 9.17) is 26.2 Å². The fourth-order valence-electron chi connectivity index (χ4n) is 5.61. The van der Waals surface area contributed by atoms with Crippen LogP contribution < -0.4 is 10.4 Å². The van der Waals surface area contributed by atoms with Gasteiger partial charge in [0.15, 0.2) is 11.3 Å². The van der Waals surface area contributed by atoms with Gasteiger partial charge < -0.3 is 14.6 Å². The second-order valence-corrected chi connectivity index (χ2v) is 10.6. The zero-order chi connectivity index (χ0) is 31.6. The van der Waals surface area contributed by atoms with Crippen molar-refractivity contribution in [2.45, 2.75) is 30.8 Å². The van der Waals surface area contributed by atoms with Crippen molar-refractivity contribution in [2.24, 2.45) is 20.0 Å². The van der Waals surface area contributed by atoms with Crippen LogP contribution in [0.2, 0.25) is 5.02 Å². The summed E-state index contributed by atoms with van der Waals surface area (Å²) >= 11 is 6.45. The highest BCUT2D eigenvalue weighted by molar-refractivity contribution is 6.31. The van der Waals surface area contributed by atoms with E-state index in [0.717, 1.165) is 6.07 Å². The number of benzene rings is 2. The van der Waals surface area contributed by atoms with E-state index in [2.05, 4.69) is 4.98 Å². The van der Waals surface area contributed by atoms with E-state index in [0.29, 0.717) is 17.1 Å². The number of imidazole rings is 1. The molecule has 1 unspecified atom stereocenters. The third-order valence-corrected chi connectivity index (χ3v) is 8.15. The van der Waals surface area contributed by atoms with E-state index in [-0.39, 0.29) is 28.5 Å². The Morgan fingerprint density at radius 1 is 1.05 bits per heavy atom. The van der Waals surface area contributed by atoms with Crippen LogP contribution in [-0.2, 0) is 30.6 Å². The predicted molar refractivity (Wildman–Crippen MR) is 141 cm³/mol. The van der Waals surface area contributed by atoms with Gasteiger partial charge >= 0.3 is 24.0 Å². The number of alkyl halides is 6. The summed E-state index contributed by atoms with van der Waals surface area (Å²) in [5, 5.41) is 9.01. The van der Waals surface area contributed by atoms with Crippen molar-refractivity contribution >= 4 is 28.6 Å². The number of nitrogens with zero attached hydrogens (tertiary/aromatic N) is 3.